The minimum absolute atomic E-state index is 0.302. The summed E-state index contributed by atoms with van der Waals surface area (Å²) in [5, 5.41) is 14.1. The Kier molecular flexibility index (Phi) is 3.19. The Labute approximate surface area is 113 Å². The van der Waals surface area contributed by atoms with E-state index in [1.54, 1.807) is 0 Å². The van der Waals surface area contributed by atoms with E-state index in [0.717, 1.165) is 48.4 Å². The second kappa shape index (κ2) is 4.85. The van der Waals surface area contributed by atoms with Crippen molar-refractivity contribution in [3.63, 3.8) is 0 Å². The van der Waals surface area contributed by atoms with Crippen LogP contribution in [0.2, 0.25) is 0 Å². The van der Waals surface area contributed by atoms with Crippen LogP contribution in [0.4, 0.5) is 0 Å². The second-order valence-electron chi connectivity index (χ2n) is 5.48. The Morgan fingerprint density at radius 1 is 1.37 bits per heavy atom. The second-order valence-corrected chi connectivity index (χ2v) is 5.48. The zero-order valence-corrected chi connectivity index (χ0v) is 11.5. The number of nitrogens with zero attached hydrogens (tertiary/aromatic N) is 2. The van der Waals surface area contributed by atoms with Gasteiger partial charge in [-0.15, -0.1) is 0 Å². The van der Waals surface area contributed by atoms with Gasteiger partial charge >= 0.3 is 0 Å². The molecule has 0 amide bonds. The number of aromatic nitrogens is 2. The van der Waals surface area contributed by atoms with E-state index in [-0.39, 0.29) is 6.10 Å². The van der Waals surface area contributed by atoms with Crippen molar-refractivity contribution < 1.29 is 9.63 Å². The molecule has 2 heterocycles. The number of hydrogen-bond donors (Lipinski definition) is 1. The molecule has 4 heteroatoms. The van der Waals surface area contributed by atoms with Gasteiger partial charge in [0.2, 0.25) is 0 Å². The van der Waals surface area contributed by atoms with Crippen molar-refractivity contribution in [1.82, 2.24) is 9.72 Å². The van der Waals surface area contributed by atoms with E-state index >= 15 is 0 Å². The zero-order valence-electron chi connectivity index (χ0n) is 11.5. The number of aliphatic hydroxyl groups excluding tert-OH is 1. The van der Waals surface area contributed by atoms with Crippen LogP contribution < -0.4 is 0 Å². The first-order valence-corrected chi connectivity index (χ1v) is 6.93. The highest BCUT2D eigenvalue weighted by atomic mass is 16.5. The quantitative estimate of drug-likeness (QED) is 0.845. The fraction of sp³-hybridized carbons (Fsp3) is 0.533. The average molecular weight is 260 g/mol. The first kappa shape index (κ1) is 12.5. The third-order valence-electron chi connectivity index (χ3n) is 4.05. The maximum Gasteiger partial charge on any atom is 0.138 e. The van der Waals surface area contributed by atoms with Crippen molar-refractivity contribution in [3.05, 3.63) is 40.5 Å². The minimum atomic E-state index is -0.302. The monoisotopic (exact) mass is 260 g/mol. The van der Waals surface area contributed by atoms with E-state index in [9.17, 15) is 5.11 Å². The summed E-state index contributed by atoms with van der Waals surface area (Å²) in [5.74, 6) is 0.877. The SMILES string of the molecule is Cc1noc(C)c1Cn1cc2c(c1)C(O)CCCC2. The van der Waals surface area contributed by atoms with Crippen LogP contribution >= 0.6 is 0 Å². The van der Waals surface area contributed by atoms with Gasteiger partial charge in [0.05, 0.1) is 18.3 Å². The molecule has 3 rings (SSSR count). The van der Waals surface area contributed by atoms with Gasteiger partial charge in [-0.2, -0.15) is 0 Å². The number of hydrogen-bond acceptors (Lipinski definition) is 3. The molecule has 2 aromatic heterocycles. The molecular weight excluding hydrogens is 240 g/mol. The van der Waals surface area contributed by atoms with Gasteiger partial charge in [0.25, 0.3) is 0 Å². The highest BCUT2D eigenvalue weighted by Crippen LogP contribution is 2.29. The van der Waals surface area contributed by atoms with Gasteiger partial charge in [-0.1, -0.05) is 11.6 Å². The van der Waals surface area contributed by atoms with E-state index in [2.05, 4.69) is 22.1 Å². The lowest BCUT2D eigenvalue weighted by molar-refractivity contribution is 0.166. The Morgan fingerprint density at radius 2 is 2.21 bits per heavy atom. The molecule has 1 unspecified atom stereocenters. The van der Waals surface area contributed by atoms with Gasteiger partial charge in [-0.25, -0.2) is 0 Å². The van der Waals surface area contributed by atoms with Crippen molar-refractivity contribution in [1.29, 1.82) is 0 Å². The lowest BCUT2D eigenvalue weighted by atomic mass is 10.1. The Balaban J connectivity index is 1.89. The molecule has 1 N–H and O–H groups in total. The molecule has 19 heavy (non-hydrogen) atoms. The summed E-state index contributed by atoms with van der Waals surface area (Å²) in [6.07, 6.45) is 8.17. The Morgan fingerprint density at radius 3 is 2.95 bits per heavy atom. The number of fused-ring (bicyclic) bond motifs is 1. The van der Waals surface area contributed by atoms with Gasteiger partial charge < -0.3 is 14.2 Å². The van der Waals surface area contributed by atoms with Gasteiger partial charge in [0.1, 0.15) is 5.76 Å². The van der Waals surface area contributed by atoms with Crippen molar-refractivity contribution in [2.45, 2.75) is 52.2 Å². The molecule has 1 atom stereocenters. The van der Waals surface area contributed by atoms with Crippen LogP contribution in [-0.2, 0) is 13.0 Å². The molecular formula is C15H20N2O2. The fourth-order valence-corrected chi connectivity index (χ4v) is 2.89. The summed E-state index contributed by atoms with van der Waals surface area (Å²) in [6.45, 7) is 4.68. The molecule has 2 aromatic rings. The summed E-state index contributed by atoms with van der Waals surface area (Å²) in [4.78, 5) is 0. The number of aliphatic hydroxyl groups is 1. The van der Waals surface area contributed by atoms with Crippen LogP contribution in [0.1, 0.15) is 53.5 Å². The molecule has 4 nitrogen and oxygen atoms in total. The lowest BCUT2D eigenvalue weighted by Crippen LogP contribution is -2.00. The van der Waals surface area contributed by atoms with Crippen molar-refractivity contribution >= 4 is 0 Å². The third-order valence-corrected chi connectivity index (χ3v) is 4.05. The maximum absolute atomic E-state index is 10.1. The summed E-state index contributed by atoms with van der Waals surface area (Å²) < 4.78 is 7.34. The minimum Gasteiger partial charge on any atom is -0.388 e. The van der Waals surface area contributed by atoms with Gasteiger partial charge in [-0.3, -0.25) is 0 Å². The van der Waals surface area contributed by atoms with Crippen LogP contribution in [0.5, 0.6) is 0 Å². The highest BCUT2D eigenvalue weighted by molar-refractivity contribution is 5.30. The molecule has 0 saturated carbocycles. The highest BCUT2D eigenvalue weighted by Gasteiger charge is 2.19. The maximum atomic E-state index is 10.1. The average Bonchev–Trinajstić information content (AvgIpc) is 2.88. The molecule has 1 aliphatic rings. The first-order valence-electron chi connectivity index (χ1n) is 6.93. The van der Waals surface area contributed by atoms with Crippen LogP contribution in [0, 0.1) is 13.8 Å². The normalized spacial score (nSPS) is 19.2. The van der Waals surface area contributed by atoms with Crippen LogP contribution in [0.25, 0.3) is 0 Å². The van der Waals surface area contributed by atoms with E-state index in [1.807, 2.05) is 13.8 Å². The third kappa shape index (κ3) is 2.32. The van der Waals surface area contributed by atoms with Crippen molar-refractivity contribution in [3.8, 4) is 0 Å². The van der Waals surface area contributed by atoms with Crippen LogP contribution in [0.3, 0.4) is 0 Å². The van der Waals surface area contributed by atoms with Crippen LogP contribution in [0.15, 0.2) is 16.9 Å². The summed E-state index contributed by atoms with van der Waals surface area (Å²) >= 11 is 0. The summed E-state index contributed by atoms with van der Waals surface area (Å²) in [7, 11) is 0. The molecule has 0 fully saturated rings. The smallest absolute Gasteiger partial charge is 0.138 e. The zero-order chi connectivity index (χ0) is 13.4. The van der Waals surface area contributed by atoms with Crippen molar-refractivity contribution in [2.24, 2.45) is 0 Å². The van der Waals surface area contributed by atoms with Gasteiger partial charge in [0.15, 0.2) is 0 Å². The molecule has 0 aliphatic heterocycles. The van der Waals surface area contributed by atoms with Crippen molar-refractivity contribution in [2.75, 3.05) is 0 Å². The predicted molar refractivity (Wildman–Crippen MR) is 72.0 cm³/mol. The van der Waals surface area contributed by atoms with E-state index in [4.69, 9.17) is 4.52 Å². The van der Waals surface area contributed by atoms with E-state index in [0.29, 0.717) is 0 Å². The van der Waals surface area contributed by atoms with Crippen LogP contribution in [-0.4, -0.2) is 14.8 Å². The molecule has 1 aliphatic carbocycles. The summed E-state index contributed by atoms with van der Waals surface area (Å²) in [5.41, 5.74) is 4.47. The predicted octanol–water partition coefficient (Wildman–Crippen LogP) is 2.90. The largest absolute Gasteiger partial charge is 0.388 e. The molecule has 0 saturated heterocycles. The van der Waals surface area contributed by atoms with Gasteiger partial charge in [0, 0.05) is 23.5 Å². The number of rotatable bonds is 2. The molecule has 102 valence electrons. The topological polar surface area (TPSA) is 51.2 Å². The Hall–Kier alpha value is -1.55. The Bertz CT molecular complexity index is 563. The molecule has 0 bridgehead atoms. The lowest BCUT2D eigenvalue weighted by Gasteiger charge is -2.06. The van der Waals surface area contributed by atoms with E-state index in [1.165, 1.54) is 12.0 Å². The standard InChI is InChI=1S/C15H20N2O2/c1-10-13(11(2)19-16-10)8-17-7-12-5-3-4-6-15(18)14(12)9-17/h7,9,15,18H,3-6,8H2,1-2H3. The first-order chi connectivity index (χ1) is 9.15. The molecule has 0 radical (unpaired) electrons. The summed E-state index contributed by atoms with van der Waals surface area (Å²) in [6, 6.07) is 0. The van der Waals surface area contributed by atoms with E-state index < -0.39 is 0 Å². The van der Waals surface area contributed by atoms with Gasteiger partial charge in [-0.05, 0) is 38.7 Å². The molecule has 0 spiro atoms. The fourth-order valence-electron chi connectivity index (χ4n) is 2.89. The number of aryl methyl sites for hydroxylation is 3. The molecule has 0 aromatic carbocycles.